The Morgan fingerprint density at radius 1 is 1.44 bits per heavy atom. The van der Waals surface area contributed by atoms with Gasteiger partial charge in [0.05, 0.1) is 6.61 Å². The number of nitrogens with zero attached hydrogens (tertiary/aromatic N) is 1. The summed E-state index contributed by atoms with van der Waals surface area (Å²) in [7, 11) is 0. The number of rotatable bonds is 2. The van der Waals surface area contributed by atoms with E-state index in [4.69, 9.17) is 9.47 Å². The molecule has 0 saturated heterocycles. The van der Waals surface area contributed by atoms with Gasteiger partial charge in [-0.05, 0) is 12.5 Å². The average molecular weight is 219 g/mol. The topological polar surface area (TPSA) is 47.9 Å². The van der Waals surface area contributed by atoms with E-state index in [-0.39, 0.29) is 12.6 Å². The molecule has 0 bridgehead atoms. The van der Waals surface area contributed by atoms with E-state index in [1.807, 2.05) is 37.3 Å². The summed E-state index contributed by atoms with van der Waals surface area (Å²) in [5.74, 6) is 0.158. The molecule has 0 aliphatic carbocycles. The van der Waals surface area contributed by atoms with Crippen molar-refractivity contribution in [1.82, 2.24) is 0 Å². The summed E-state index contributed by atoms with van der Waals surface area (Å²) in [5, 5.41) is 0. The molecular formula is C12H13NO3. The van der Waals surface area contributed by atoms with Crippen molar-refractivity contribution in [2.75, 3.05) is 13.2 Å². The molecule has 0 fully saturated rings. The lowest BCUT2D eigenvalue weighted by Gasteiger charge is -2.19. The van der Waals surface area contributed by atoms with Crippen molar-refractivity contribution in [2.24, 2.45) is 4.99 Å². The highest BCUT2D eigenvalue weighted by Gasteiger charge is 2.27. The fraction of sp³-hybridized carbons (Fsp3) is 0.333. The van der Waals surface area contributed by atoms with Crippen molar-refractivity contribution in [3.63, 3.8) is 0 Å². The third-order valence-corrected chi connectivity index (χ3v) is 2.26. The summed E-state index contributed by atoms with van der Waals surface area (Å²) in [5.41, 5.74) is 0.824. The lowest BCUT2D eigenvalue weighted by atomic mass is 10.1. The Labute approximate surface area is 93.9 Å². The molecule has 0 radical (unpaired) electrons. The van der Waals surface area contributed by atoms with Crippen LogP contribution in [0.5, 0.6) is 0 Å². The Morgan fingerprint density at radius 2 is 2.19 bits per heavy atom. The Hall–Kier alpha value is -1.84. The molecule has 0 spiro atoms. The van der Waals surface area contributed by atoms with Gasteiger partial charge in [-0.15, -0.1) is 0 Å². The Balaban J connectivity index is 2.24. The Bertz CT molecular complexity index is 400. The fourth-order valence-corrected chi connectivity index (χ4v) is 1.54. The van der Waals surface area contributed by atoms with E-state index in [0.29, 0.717) is 12.5 Å². The number of carbonyl (C=O) groups is 1. The number of cyclic esters (lactones) is 1. The second-order valence-electron chi connectivity index (χ2n) is 3.38. The summed E-state index contributed by atoms with van der Waals surface area (Å²) in [6.45, 7) is 2.53. The Morgan fingerprint density at radius 3 is 2.88 bits per heavy atom. The van der Waals surface area contributed by atoms with E-state index in [2.05, 4.69) is 4.99 Å². The van der Waals surface area contributed by atoms with Gasteiger partial charge in [0.25, 0.3) is 0 Å². The second kappa shape index (κ2) is 4.79. The number of benzene rings is 1. The van der Waals surface area contributed by atoms with Gasteiger partial charge < -0.3 is 9.47 Å². The molecular weight excluding hydrogens is 206 g/mol. The molecule has 1 aromatic rings. The molecule has 84 valence electrons. The first-order chi connectivity index (χ1) is 7.81. The van der Waals surface area contributed by atoms with Gasteiger partial charge >= 0.3 is 5.97 Å². The zero-order chi connectivity index (χ0) is 11.4. The number of ether oxygens (including phenoxy) is 2. The first kappa shape index (κ1) is 10.7. The molecule has 1 aliphatic rings. The van der Waals surface area contributed by atoms with Crippen LogP contribution in [0.15, 0.2) is 35.3 Å². The summed E-state index contributed by atoms with van der Waals surface area (Å²) >= 11 is 0. The van der Waals surface area contributed by atoms with Crippen molar-refractivity contribution >= 4 is 11.9 Å². The molecule has 1 heterocycles. The van der Waals surface area contributed by atoms with Crippen molar-refractivity contribution in [3.05, 3.63) is 35.9 Å². The van der Waals surface area contributed by atoms with Crippen molar-refractivity contribution in [3.8, 4) is 0 Å². The van der Waals surface area contributed by atoms with Gasteiger partial charge in [0.2, 0.25) is 5.90 Å². The normalized spacial score (nSPS) is 19.9. The van der Waals surface area contributed by atoms with E-state index in [1.165, 1.54) is 0 Å². The van der Waals surface area contributed by atoms with Gasteiger partial charge in [-0.3, -0.25) is 0 Å². The van der Waals surface area contributed by atoms with Crippen LogP contribution in [0.25, 0.3) is 0 Å². The highest BCUT2D eigenvalue weighted by molar-refractivity contribution is 5.89. The van der Waals surface area contributed by atoms with Gasteiger partial charge in [0, 0.05) is 0 Å². The monoisotopic (exact) mass is 219 g/mol. The van der Waals surface area contributed by atoms with Crippen LogP contribution in [0.2, 0.25) is 0 Å². The van der Waals surface area contributed by atoms with Crippen LogP contribution in [0.3, 0.4) is 0 Å². The van der Waals surface area contributed by atoms with Crippen LogP contribution in [-0.4, -0.2) is 25.1 Å². The molecule has 1 aliphatic heterocycles. The van der Waals surface area contributed by atoms with Crippen LogP contribution < -0.4 is 0 Å². The van der Waals surface area contributed by atoms with E-state index >= 15 is 0 Å². The van der Waals surface area contributed by atoms with Gasteiger partial charge in [-0.1, -0.05) is 30.3 Å². The third kappa shape index (κ3) is 2.21. The predicted molar refractivity (Wildman–Crippen MR) is 59.2 cm³/mol. The molecule has 1 atom stereocenters. The van der Waals surface area contributed by atoms with Gasteiger partial charge in [0.1, 0.15) is 0 Å². The minimum Gasteiger partial charge on any atom is -0.479 e. The maximum absolute atomic E-state index is 11.6. The number of carbonyl (C=O) groups excluding carboxylic acids is 1. The molecule has 1 aromatic carbocycles. The van der Waals surface area contributed by atoms with Crippen LogP contribution >= 0.6 is 0 Å². The smallest absolute Gasteiger partial charge is 0.336 e. The predicted octanol–water partition coefficient (Wildman–Crippen LogP) is 1.72. The SMILES string of the molecule is CCOC1=N[C@H](c2ccccc2)C(=O)OC1. The molecule has 4 nitrogen and oxygen atoms in total. The zero-order valence-corrected chi connectivity index (χ0v) is 9.05. The summed E-state index contributed by atoms with van der Waals surface area (Å²) < 4.78 is 10.3. The van der Waals surface area contributed by atoms with E-state index in [1.54, 1.807) is 0 Å². The summed E-state index contributed by atoms with van der Waals surface area (Å²) in [6.07, 6.45) is 0. The van der Waals surface area contributed by atoms with Crippen molar-refractivity contribution in [2.45, 2.75) is 13.0 Å². The minimum absolute atomic E-state index is 0.135. The van der Waals surface area contributed by atoms with Crippen LogP contribution in [0.1, 0.15) is 18.5 Å². The number of hydrogen-bond donors (Lipinski definition) is 0. The molecule has 4 heteroatoms. The number of hydrogen-bond acceptors (Lipinski definition) is 4. The first-order valence-corrected chi connectivity index (χ1v) is 5.22. The largest absolute Gasteiger partial charge is 0.479 e. The molecule has 0 N–H and O–H groups in total. The maximum Gasteiger partial charge on any atom is 0.336 e. The highest BCUT2D eigenvalue weighted by Crippen LogP contribution is 2.22. The lowest BCUT2D eigenvalue weighted by molar-refractivity contribution is -0.145. The fourth-order valence-electron chi connectivity index (χ4n) is 1.54. The van der Waals surface area contributed by atoms with Gasteiger partial charge in [-0.2, -0.15) is 0 Å². The molecule has 16 heavy (non-hydrogen) atoms. The molecule has 0 saturated carbocycles. The summed E-state index contributed by atoms with van der Waals surface area (Å²) in [6, 6.07) is 8.75. The van der Waals surface area contributed by atoms with E-state index in [9.17, 15) is 4.79 Å². The standard InChI is InChI=1S/C12H13NO3/c1-2-15-10-8-16-12(14)11(13-10)9-6-4-3-5-7-9/h3-7,11H,2,8H2,1H3/t11-/m1/s1. The number of esters is 1. The van der Waals surface area contributed by atoms with Crippen molar-refractivity contribution < 1.29 is 14.3 Å². The van der Waals surface area contributed by atoms with Crippen LogP contribution in [0.4, 0.5) is 0 Å². The van der Waals surface area contributed by atoms with Crippen LogP contribution in [-0.2, 0) is 14.3 Å². The summed E-state index contributed by atoms with van der Waals surface area (Å²) in [4.78, 5) is 15.8. The van der Waals surface area contributed by atoms with E-state index in [0.717, 1.165) is 5.56 Å². The van der Waals surface area contributed by atoms with Crippen LogP contribution in [0, 0.1) is 0 Å². The maximum atomic E-state index is 11.6. The van der Waals surface area contributed by atoms with Gasteiger partial charge in [0.15, 0.2) is 12.6 Å². The minimum atomic E-state index is -0.587. The van der Waals surface area contributed by atoms with Crippen molar-refractivity contribution in [1.29, 1.82) is 0 Å². The molecule has 0 unspecified atom stereocenters. The molecule has 0 amide bonds. The lowest BCUT2D eigenvalue weighted by Crippen LogP contribution is -2.27. The van der Waals surface area contributed by atoms with Gasteiger partial charge in [-0.25, -0.2) is 9.79 Å². The zero-order valence-electron chi connectivity index (χ0n) is 9.05. The molecule has 2 rings (SSSR count). The molecule has 0 aromatic heterocycles. The number of aliphatic imine (C=N–C) groups is 1. The first-order valence-electron chi connectivity index (χ1n) is 5.22. The third-order valence-electron chi connectivity index (χ3n) is 2.26. The Kier molecular flexibility index (Phi) is 3.19. The average Bonchev–Trinajstić information content (AvgIpc) is 2.33. The van der Waals surface area contributed by atoms with E-state index < -0.39 is 6.04 Å². The second-order valence-corrected chi connectivity index (χ2v) is 3.38. The quantitative estimate of drug-likeness (QED) is 0.711. The highest BCUT2D eigenvalue weighted by atomic mass is 16.6.